The Hall–Kier alpha value is -2.94. The van der Waals surface area contributed by atoms with Gasteiger partial charge in [0.05, 0.1) is 6.20 Å². The van der Waals surface area contributed by atoms with Crippen molar-refractivity contribution in [3.63, 3.8) is 0 Å². The second kappa shape index (κ2) is 8.83. The number of rotatable bonds is 7. The Kier molecular flexibility index (Phi) is 5.98. The number of hydrogen-bond acceptors (Lipinski definition) is 7. The van der Waals surface area contributed by atoms with Gasteiger partial charge in [-0.25, -0.2) is 0 Å². The van der Waals surface area contributed by atoms with Crippen molar-refractivity contribution < 1.29 is 5.11 Å². The molecule has 1 fully saturated rings. The van der Waals surface area contributed by atoms with Gasteiger partial charge in [0.15, 0.2) is 5.65 Å². The smallest absolute Gasteiger partial charge is 0.250 e. The second-order valence-electron chi connectivity index (χ2n) is 7.95. The monoisotopic (exact) mass is 411 g/mol. The molecule has 3 heterocycles. The third-order valence-electron chi connectivity index (χ3n) is 5.88. The number of aliphatic hydroxyl groups excluding tert-OH is 1. The van der Waals surface area contributed by atoms with Crippen molar-refractivity contribution in [1.29, 1.82) is 0 Å². The van der Waals surface area contributed by atoms with Gasteiger partial charge in [-0.1, -0.05) is 25.8 Å². The van der Waals surface area contributed by atoms with Crippen LogP contribution in [-0.2, 0) is 20.0 Å². The van der Waals surface area contributed by atoms with Gasteiger partial charge in [0.2, 0.25) is 17.5 Å². The normalized spacial score (nSPS) is 19.2. The van der Waals surface area contributed by atoms with E-state index in [1.165, 1.54) is 0 Å². The van der Waals surface area contributed by atoms with Gasteiger partial charge in [-0.05, 0) is 24.8 Å². The first-order valence-electron chi connectivity index (χ1n) is 10.6. The molecule has 0 unspecified atom stereocenters. The number of pyridine rings is 1. The number of anilines is 2. The second-order valence-corrected chi connectivity index (χ2v) is 7.95. The van der Waals surface area contributed by atoms with Crippen molar-refractivity contribution >= 4 is 17.5 Å². The van der Waals surface area contributed by atoms with Crippen LogP contribution in [0.2, 0.25) is 0 Å². The van der Waals surface area contributed by atoms with Crippen LogP contribution in [0, 0.1) is 5.92 Å². The number of aliphatic hydroxyl groups is 1. The van der Waals surface area contributed by atoms with Gasteiger partial charge in [-0.15, -0.1) is 0 Å². The fraction of sp³-hybridized carbons (Fsp3) is 0.524. The Morgan fingerprint density at radius 1 is 1.23 bits per heavy atom. The summed E-state index contributed by atoms with van der Waals surface area (Å²) in [4.78, 5) is 21.0. The Morgan fingerprint density at radius 3 is 2.83 bits per heavy atom. The molecule has 160 valence electrons. The fourth-order valence-corrected chi connectivity index (χ4v) is 4.07. The molecule has 0 spiro atoms. The SMILES string of the molecule is CCc1cnn2c(NCc3ccc(=O)n(C)c3)nc(N[C@H]3CCCC[C@H]3CO)nc12. The fourth-order valence-electron chi connectivity index (χ4n) is 4.07. The Bertz CT molecular complexity index is 1070. The number of aromatic nitrogens is 5. The summed E-state index contributed by atoms with van der Waals surface area (Å²) >= 11 is 0. The van der Waals surface area contributed by atoms with Crippen molar-refractivity contribution in [3.8, 4) is 0 Å². The summed E-state index contributed by atoms with van der Waals surface area (Å²) in [6.07, 6.45) is 8.76. The van der Waals surface area contributed by atoms with Gasteiger partial charge in [0.1, 0.15) is 0 Å². The Labute approximate surface area is 175 Å². The van der Waals surface area contributed by atoms with Crippen LogP contribution in [0.15, 0.2) is 29.3 Å². The van der Waals surface area contributed by atoms with Crippen molar-refractivity contribution in [1.82, 2.24) is 24.1 Å². The third kappa shape index (κ3) is 4.16. The lowest BCUT2D eigenvalue weighted by Gasteiger charge is -2.30. The maximum Gasteiger partial charge on any atom is 0.250 e. The van der Waals surface area contributed by atoms with E-state index in [2.05, 4.69) is 27.6 Å². The zero-order valence-corrected chi connectivity index (χ0v) is 17.5. The molecule has 0 radical (unpaired) electrons. The van der Waals surface area contributed by atoms with E-state index in [-0.39, 0.29) is 24.1 Å². The molecular formula is C21H29N7O2. The van der Waals surface area contributed by atoms with Gasteiger partial charge in [0, 0.05) is 50.0 Å². The van der Waals surface area contributed by atoms with Crippen molar-refractivity contribution in [3.05, 3.63) is 46.0 Å². The van der Waals surface area contributed by atoms with E-state index in [0.29, 0.717) is 18.4 Å². The average molecular weight is 412 g/mol. The number of nitrogens with zero attached hydrogens (tertiary/aromatic N) is 5. The van der Waals surface area contributed by atoms with Crippen LogP contribution in [-0.4, -0.2) is 41.9 Å². The summed E-state index contributed by atoms with van der Waals surface area (Å²) in [5, 5.41) is 21.0. The molecule has 2 atom stereocenters. The average Bonchev–Trinajstić information content (AvgIpc) is 3.18. The molecule has 3 N–H and O–H groups in total. The largest absolute Gasteiger partial charge is 0.396 e. The molecule has 0 aromatic carbocycles. The molecule has 1 aliphatic rings. The standard InChI is InChI=1S/C21H29N7O2/c1-3-15-11-23-28-19(15)25-20(24-17-7-5-4-6-16(17)13-29)26-21(28)22-10-14-8-9-18(30)27(2)12-14/h8-9,11-12,16-17,29H,3-7,10,13H2,1-2H3,(H2,22,24,25,26)/t16-,17-/m0/s1. The number of nitrogens with one attached hydrogen (secondary N) is 2. The molecule has 3 aromatic rings. The van der Waals surface area contributed by atoms with E-state index in [9.17, 15) is 9.90 Å². The summed E-state index contributed by atoms with van der Waals surface area (Å²) < 4.78 is 3.27. The highest BCUT2D eigenvalue weighted by Crippen LogP contribution is 2.27. The van der Waals surface area contributed by atoms with E-state index in [1.807, 2.05) is 6.20 Å². The summed E-state index contributed by atoms with van der Waals surface area (Å²) in [5.41, 5.74) is 2.75. The van der Waals surface area contributed by atoms with E-state index in [1.54, 1.807) is 34.5 Å². The van der Waals surface area contributed by atoms with Gasteiger partial charge in [-0.2, -0.15) is 19.6 Å². The molecule has 30 heavy (non-hydrogen) atoms. The van der Waals surface area contributed by atoms with Crippen molar-refractivity contribution in [2.45, 2.75) is 51.6 Å². The lowest BCUT2D eigenvalue weighted by atomic mass is 9.85. The van der Waals surface area contributed by atoms with Crippen LogP contribution in [0.1, 0.15) is 43.7 Å². The summed E-state index contributed by atoms with van der Waals surface area (Å²) in [6.45, 7) is 2.75. The molecule has 9 nitrogen and oxygen atoms in total. The van der Waals surface area contributed by atoms with E-state index in [0.717, 1.165) is 48.9 Å². The highest BCUT2D eigenvalue weighted by atomic mass is 16.3. The minimum absolute atomic E-state index is 0.0414. The maximum atomic E-state index is 11.6. The van der Waals surface area contributed by atoms with Crippen LogP contribution < -0.4 is 16.2 Å². The first kappa shape index (κ1) is 20.3. The van der Waals surface area contributed by atoms with Gasteiger partial charge >= 0.3 is 0 Å². The maximum absolute atomic E-state index is 11.6. The third-order valence-corrected chi connectivity index (χ3v) is 5.88. The molecule has 9 heteroatoms. The quantitative estimate of drug-likeness (QED) is 0.545. The predicted molar refractivity (Wildman–Crippen MR) is 116 cm³/mol. The van der Waals surface area contributed by atoms with E-state index >= 15 is 0 Å². The molecule has 1 saturated carbocycles. The van der Waals surface area contributed by atoms with Crippen LogP contribution in [0.4, 0.5) is 11.9 Å². The molecule has 0 aliphatic heterocycles. The molecular weight excluding hydrogens is 382 g/mol. The predicted octanol–water partition coefficient (Wildman–Crippen LogP) is 1.96. The van der Waals surface area contributed by atoms with Gasteiger partial charge in [-0.3, -0.25) is 4.79 Å². The number of fused-ring (bicyclic) bond motifs is 1. The first-order chi connectivity index (χ1) is 14.6. The Morgan fingerprint density at radius 2 is 2.07 bits per heavy atom. The highest BCUT2D eigenvalue weighted by molar-refractivity contribution is 5.54. The van der Waals surface area contributed by atoms with E-state index in [4.69, 9.17) is 4.98 Å². The first-order valence-corrected chi connectivity index (χ1v) is 10.6. The lowest BCUT2D eigenvalue weighted by molar-refractivity contribution is 0.178. The van der Waals surface area contributed by atoms with Crippen molar-refractivity contribution in [2.24, 2.45) is 13.0 Å². The molecule has 1 aliphatic carbocycles. The molecule has 3 aromatic heterocycles. The van der Waals surface area contributed by atoms with Gasteiger partial charge < -0.3 is 20.3 Å². The molecule has 0 bridgehead atoms. The van der Waals surface area contributed by atoms with Crippen molar-refractivity contribution in [2.75, 3.05) is 17.2 Å². The highest BCUT2D eigenvalue weighted by Gasteiger charge is 2.25. The lowest BCUT2D eigenvalue weighted by Crippen LogP contribution is -2.35. The number of aryl methyl sites for hydroxylation is 2. The van der Waals surface area contributed by atoms with Gasteiger partial charge in [0.25, 0.3) is 0 Å². The summed E-state index contributed by atoms with van der Waals surface area (Å²) in [5.74, 6) is 1.36. The van der Waals surface area contributed by atoms with Crippen LogP contribution >= 0.6 is 0 Å². The molecule has 0 amide bonds. The number of hydrogen-bond donors (Lipinski definition) is 3. The topological polar surface area (TPSA) is 109 Å². The van der Waals surface area contributed by atoms with Crippen LogP contribution in [0.3, 0.4) is 0 Å². The zero-order valence-electron chi connectivity index (χ0n) is 17.5. The summed E-state index contributed by atoms with van der Waals surface area (Å²) in [7, 11) is 1.74. The van der Waals surface area contributed by atoms with E-state index < -0.39 is 0 Å². The Balaban J connectivity index is 1.63. The van der Waals surface area contributed by atoms with Crippen LogP contribution in [0.5, 0.6) is 0 Å². The molecule has 4 rings (SSSR count). The minimum atomic E-state index is -0.0414. The zero-order chi connectivity index (χ0) is 21.1. The minimum Gasteiger partial charge on any atom is -0.396 e. The molecule has 0 saturated heterocycles. The van der Waals surface area contributed by atoms with Crippen LogP contribution in [0.25, 0.3) is 5.65 Å². The summed E-state index contributed by atoms with van der Waals surface area (Å²) in [6, 6.07) is 3.53.